The number of rotatable bonds is 4. The molecule has 1 aliphatic heterocycles. The van der Waals surface area contributed by atoms with Gasteiger partial charge in [-0.05, 0) is 36.1 Å². The summed E-state index contributed by atoms with van der Waals surface area (Å²) in [6.45, 7) is 0.609. The van der Waals surface area contributed by atoms with E-state index in [1.807, 2.05) is 29.0 Å². The molecule has 0 radical (unpaired) electrons. The maximum Gasteiger partial charge on any atom is 0.189 e. The van der Waals surface area contributed by atoms with Crippen molar-refractivity contribution in [3.8, 4) is 23.0 Å². The molecule has 1 aromatic carbocycles. The Morgan fingerprint density at radius 3 is 3.04 bits per heavy atom. The molecule has 2 aromatic heterocycles. The molecule has 0 unspecified atom stereocenters. The molecule has 4 rings (SSSR count). The van der Waals surface area contributed by atoms with Crippen LogP contribution in [0.2, 0.25) is 0 Å². The Balaban J connectivity index is 1.86. The van der Waals surface area contributed by atoms with Crippen molar-refractivity contribution in [2.75, 3.05) is 12.9 Å². The van der Waals surface area contributed by atoms with E-state index in [4.69, 9.17) is 4.74 Å². The smallest absolute Gasteiger partial charge is 0.189 e. The molecule has 3 aromatic rings. The third kappa shape index (κ3) is 2.55. The largest absolute Gasteiger partial charge is 0.493 e. The number of aromatic nitrogens is 4. The fraction of sp³-hybridized carbons (Fsp3) is 0.235. The highest BCUT2D eigenvalue weighted by Crippen LogP contribution is 2.31. The van der Waals surface area contributed by atoms with E-state index in [1.54, 1.807) is 12.4 Å². The number of thioether (sulfide) groups is 1. The molecule has 6 nitrogen and oxygen atoms in total. The number of imidazole rings is 1. The highest BCUT2D eigenvalue weighted by Gasteiger charge is 2.18. The monoisotopic (exact) mass is 340 g/mol. The lowest BCUT2D eigenvalue weighted by Crippen LogP contribution is -2.06. The van der Waals surface area contributed by atoms with Gasteiger partial charge in [-0.25, -0.2) is 15.0 Å². The first kappa shape index (κ1) is 15.2. The lowest BCUT2D eigenvalue weighted by Gasteiger charge is -2.11. The van der Waals surface area contributed by atoms with Crippen molar-refractivity contribution in [1.82, 2.24) is 19.5 Å². The van der Waals surface area contributed by atoms with Gasteiger partial charge in [0.05, 0.1) is 25.1 Å². The van der Waals surface area contributed by atoms with Gasteiger partial charge in [0.1, 0.15) is 17.4 Å². The molecule has 0 bridgehead atoms. The third-order valence-corrected chi connectivity index (χ3v) is 4.54. The molecule has 0 aliphatic carbocycles. The molecule has 0 saturated heterocycles. The normalized spacial score (nSPS) is 12.9. The molecule has 1 N–H and O–H groups in total. The van der Waals surface area contributed by atoms with Crippen LogP contribution >= 0.6 is 11.8 Å². The van der Waals surface area contributed by atoms with Gasteiger partial charge in [-0.3, -0.25) is 4.57 Å². The fourth-order valence-electron chi connectivity index (χ4n) is 2.84. The molecule has 1 aliphatic rings. The Bertz CT molecular complexity index is 894. The molecular weight excluding hydrogens is 324 g/mol. The number of nitrogens with zero attached hydrogens (tertiary/aromatic N) is 4. The molecule has 0 spiro atoms. The van der Waals surface area contributed by atoms with E-state index >= 15 is 0 Å². The van der Waals surface area contributed by atoms with Crippen LogP contribution in [0, 0.1) is 0 Å². The van der Waals surface area contributed by atoms with Gasteiger partial charge in [-0.15, -0.1) is 0 Å². The minimum Gasteiger partial charge on any atom is -0.493 e. The number of ether oxygens (including phenoxy) is 1. The highest BCUT2D eigenvalue weighted by atomic mass is 32.2. The number of hydrogen-bond donors (Lipinski definition) is 1. The minimum atomic E-state index is -0.111. The molecule has 0 atom stereocenters. The van der Waals surface area contributed by atoms with Crippen molar-refractivity contribution in [3.05, 3.63) is 47.9 Å². The van der Waals surface area contributed by atoms with E-state index in [0.717, 1.165) is 30.2 Å². The first-order valence-corrected chi connectivity index (χ1v) is 8.83. The summed E-state index contributed by atoms with van der Waals surface area (Å²) in [6.07, 6.45) is 6.23. The van der Waals surface area contributed by atoms with Crippen LogP contribution in [0.4, 0.5) is 0 Å². The minimum absolute atomic E-state index is 0.111. The first-order valence-electron chi connectivity index (χ1n) is 7.61. The van der Waals surface area contributed by atoms with Gasteiger partial charge in [0.15, 0.2) is 5.16 Å². The molecule has 0 amide bonds. The second-order valence-electron chi connectivity index (χ2n) is 5.39. The summed E-state index contributed by atoms with van der Waals surface area (Å²) in [7, 11) is 0. The number of benzene rings is 1. The van der Waals surface area contributed by atoms with Gasteiger partial charge < -0.3 is 9.84 Å². The van der Waals surface area contributed by atoms with Gasteiger partial charge in [-0.2, -0.15) is 0 Å². The summed E-state index contributed by atoms with van der Waals surface area (Å²) in [5, 5.41) is 10.4. The average molecular weight is 340 g/mol. The molecule has 3 heterocycles. The topological polar surface area (TPSA) is 73.1 Å². The quantitative estimate of drug-likeness (QED) is 0.581. The van der Waals surface area contributed by atoms with E-state index < -0.39 is 0 Å². The third-order valence-electron chi connectivity index (χ3n) is 3.97. The Morgan fingerprint density at radius 2 is 2.21 bits per heavy atom. The van der Waals surface area contributed by atoms with Crippen LogP contribution < -0.4 is 4.74 Å². The van der Waals surface area contributed by atoms with Crippen molar-refractivity contribution in [2.24, 2.45) is 0 Å². The van der Waals surface area contributed by atoms with Gasteiger partial charge in [0.2, 0.25) is 0 Å². The fourth-order valence-corrected chi connectivity index (χ4v) is 3.19. The molecule has 0 fully saturated rings. The number of hydrogen-bond acceptors (Lipinski definition) is 6. The van der Waals surface area contributed by atoms with Crippen molar-refractivity contribution in [1.29, 1.82) is 0 Å². The van der Waals surface area contributed by atoms with Crippen LogP contribution in [0.3, 0.4) is 0 Å². The van der Waals surface area contributed by atoms with Crippen LogP contribution in [0.5, 0.6) is 5.75 Å². The zero-order chi connectivity index (χ0) is 16.5. The van der Waals surface area contributed by atoms with Crippen molar-refractivity contribution < 1.29 is 9.84 Å². The molecule has 122 valence electrons. The molecule has 0 saturated carbocycles. The maximum atomic E-state index is 9.69. The van der Waals surface area contributed by atoms with Crippen LogP contribution in [0.1, 0.15) is 11.3 Å². The van der Waals surface area contributed by atoms with Crippen LogP contribution in [0.15, 0.2) is 41.8 Å². The molecule has 7 heteroatoms. The highest BCUT2D eigenvalue weighted by molar-refractivity contribution is 7.98. The molecule has 24 heavy (non-hydrogen) atoms. The Morgan fingerprint density at radius 1 is 1.29 bits per heavy atom. The predicted molar refractivity (Wildman–Crippen MR) is 91.5 cm³/mol. The van der Waals surface area contributed by atoms with E-state index in [-0.39, 0.29) is 6.61 Å². The van der Waals surface area contributed by atoms with E-state index in [0.29, 0.717) is 16.7 Å². The summed E-state index contributed by atoms with van der Waals surface area (Å²) in [5.41, 5.74) is 2.84. The lowest BCUT2D eigenvalue weighted by atomic mass is 10.1. The first-order chi connectivity index (χ1) is 11.8. The van der Waals surface area contributed by atoms with Gasteiger partial charge in [0, 0.05) is 18.2 Å². The number of fused-ring (bicyclic) bond motifs is 1. The standard InChI is InChI=1S/C17H16N4O2S/c1-24-17-18-6-4-15(20-17)21-13(10-22)9-19-16(21)12-2-3-14-11(8-12)5-7-23-14/h2-4,6,8-9,22H,5,7,10H2,1H3. The van der Waals surface area contributed by atoms with Crippen molar-refractivity contribution in [3.63, 3.8) is 0 Å². The Hall–Kier alpha value is -2.38. The maximum absolute atomic E-state index is 9.69. The van der Waals surface area contributed by atoms with Crippen molar-refractivity contribution >= 4 is 11.8 Å². The van der Waals surface area contributed by atoms with Gasteiger partial charge in [0.25, 0.3) is 0 Å². The van der Waals surface area contributed by atoms with E-state index in [2.05, 4.69) is 21.0 Å². The van der Waals surface area contributed by atoms with E-state index in [9.17, 15) is 5.11 Å². The zero-order valence-electron chi connectivity index (χ0n) is 13.1. The summed E-state index contributed by atoms with van der Waals surface area (Å²) in [6, 6.07) is 7.88. The van der Waals surface area contributed by atoms with Crippen LogP contribution in [-0.2, 0) is 13.0 Å². The average Bonchev–Trinajstić information content (AvgIpc) is 3.27. The summed E-state index contributed by atoms with van der Waals surface area (Å²) in [4.78, 5) is 13.3. The lowest BCUT2D eigenvalue weighted by molar-refractivity contribution is 0.274. The summed E-state index contributed by atoms with van der Waals surface area (Å²) in [5.74, 6) is 2.38. The van der Waals surface area contributed by atoms with Crippen molar-refractivity contribution in [2.45, 2.75) is 18.2 Å². The second kappa shape index (κ2) is 6.26. The second-order valence-corrected chi connectivity index (χ2v) is 6.16. The van der Waals surface area contributed by atoms with Gasteiger partial charge >= 0.3 is 0 Å². The summed E-state index contributed by atoms with van der Waals surface area (Å²) < 4.78 is 7.44. The Kier molecular flexibility index (Phi) is 3.95. The number of aliphatic hydroxyl groups excluding tert-OH is 1. The van der Waals surface area contributed by atoms with Crippen LogP contribution in [0.25, 0.3) is 17.2 Å². The predicted octanol–water partition coefficient (Wildman–Crippen LogP) is 2.48. The SMILES string of the molecule is CSc1nccc(-n2c(CO)cnc2-c2ccc3c(c2)CCO3)n1. The van der Waals surface area contributed by atoms with Crippen LogP contribution in [-0.4, -0.2) is 37.5 Å². The molecular formula is C17H16N4O2S. The Labute approximate surface area is 143 Å². The summed E-state index contributed by atoms with van der Waals surface area (Å²) >= 11 is 1.48. The number of aliphatic hydroxyl groups is 1. The zero-order valence-corrected chi connectivity index (χ0v) is 14.0. The van der Waals surface area contributed by atoms with E-state index in [1.165, 1.54) is 17.3 Å². The van der Waals surface area contributed by atoms with Gasteiger partial charge in [-0.1, -0.05) is 11.8 Å².